The van der Waals surface area contributed by atoms with Gasteiger partial charge in [-0.05, 0) is 65.7 Å². The van der Waals surface area contributed by atoms with Gasteiger partial charge >= 0.3 is 0 Å². The van der Waals surface area contributed by atoms with Crippen LogP contribution in [0.15, 0.2) is 0 Å². The fourth-order valence-corrected chi connectivity index (χ4v) is 4.56. The zero-order chi connectivity index (χ0) is 15.7. The lowest BCUT2D eigenvalue weighted by atomic mass is 9.74. The Balaban J connectivity index is 1.98. The number of nitrogens with one attached hydrogen (secondary N) is 1. The second kappa shape index (κ2) is 6.25. The number of amides is 1. The van der Waals surface area contributed by atoms with Crippen molar-refractivity contribution in [1.82, 2.24) is 10.2 Å². The van der Waals surface area contributed by atoms with E-state index in [1.54, 1.807) is 0 Å². The number of hydrogen-bond donors (Lipinski definition) is 2. The van der Waals surface area contributed by atoms with Gasteiger partial charge < -0.3 is 15.3 Å². The van der Waals surface area contributed by atoms with Crippen molar-refractivity contribution in [3.63, 3.8) is 0 Å². The third kappa shape index (κ3) is 4.43. The fraction of sp³-hybridized carbons (Fsp3) is 0.941. The zero-order valence-corrected chi connectivity index (χ0v) is 14.1. The molecule has 0 radical (unpaired) electrons. The van der Waals surface area contributed by atoms with E-state index in [0.29, 0.717) is 12.3 Å². The summed E-state index contributed by atoms with van der Waals surface area (Å²) in [5.41, 5.74) is 0.177. The summed E-state index contributed by atoms with van der Waals surface area (Å²) < 4.78 is 0. The Morgan fingerprint density at radius 2 is 1.81 bits per heavy atom. The summed E-state index contributed by atoms with van der Waals surface area (Å²) in [6.45, 7) is 9.83. The molecular weight excluding hydrogens is 264 g/mol. The minimum Gasteiger partial charge on any atom is -0.394 e. The highest BCUT2D eigenvalue weighted by atomic mass is 16.3. The van der Waals surface area contributed by atoms with Gasteiger partial charge in [0.25, 0.3) is 0 Å². The van der Waals surface area contributed by atoms with Crippen LogP contribution >= 0.6 is 0 Å². The molecule has 2 aliphatic rings. The normalized spacial score (nSPS) is 29.4. The third-order valence-electron chi connectivity index (χ3n) is 4.90. The van der Waals surface area contributed by atoms with Crippen molar-refractivity contribution in [1.29, 1.82) is 0 Å². The number of carbonyl (C=O) groups is 1. The lowest BCUT2D eigenvalue weighted by molar-refractivity contribution is -0.137. The number of carbonyl (C=O) groups excluding carboxylic acids is 1. The first-order chi connectivity index (χ1) is 9.72. The molecule has 2 rings (SSSR count). The Labute approximate surface area is 129 Å². The highest BCUT2D eigenvalue weighted by Gasteiger charge is 2.39. The van der Waals surface area contributed by atoms with Crippen LogP contribution in [0.2, 0.25) is 0 Å². The van der Waals surface area contributed by atoms with E-state index >= 15 is 0 Å². The number of aliphatic hydroxyl groups excluding tert-OH is 1. The first-order valence-corrected chi connectivity index (χ1v) is 8.42. The molecule has 0 bridgehead atoms. The first-order valence-electron chi connectivity index (χ1n) is 8.42. The fourth-order valence-electron chi connectivity index (χ4n) is 4.56. The number of aliphatic hydroxyl groups is 1. The Morgan fingerprint density at radius 1 is 1.19 bits per heavy atom. The summed E-state index contributed by atoms with van der Waals surface area (Å²) >= 11 is 0. The second-order valence-corrected chi connectivity index (χ2v) is 8.29. The summed E-state index contributed by atoms with van der Waals surface area (Å²) in [6.07, 6.45) is 5.87. The molecule has 0 aliphatic carbocycles. The average molecular weight is 296 g/mol. The van der Waals surface area contributed by atoms with Gasteiger partial charge in [-0.15, -0.1) is 0 Å². The maximum Gasteiger partial charge on any atom is 0.223 e. The quantitative estimate of drug-likeness (QED) is 0.840. The molecule has 1 amide bonds. The van der Waals surface area contributed by atoms with Gasteiger partial charge in [0.15, 0.2) is 0 Å². The third-order valence-corrected chi connectivity index (χ3v) is 4.90. The van der Waals surface area contributed by atoms with Gasteiger partial charge in [-0.25, -0.2) is 0 Å². The van der Waals surface area contributed by atoms with E-state index in [0.717, 1.165) is 38.6 Å². The molecular formula is C17H32N2O2. The second-order valence-electron chi connectivity index (χ2n) is 8.29. The van der Waals surface area contributed by atoms with Gasteiger partial charge in [0, 0.05) is 24.0 Å². The van der Waals surface area contributed by atoms with Crippen molar-refractivity contribution in [2.24, 2.45) is 5.92 Å². The standard InChI is InChI=1S/C17H32N2O2/c1-16(2)10-13(11-17(3,4)18-16)9-15(21)19-8-6-5-7-14(19)12-20/h13-14,18,20H,5-12H2,1-4H3. The SMILES string of the molecule is CC1(C)CC(CC(=O)N2CCCCC2CO)CC(C)(C)N1. The highest BCUT2D eigenvalue weighted by Crippen LogP contribution is 2.35. The van der Waals surface area contributed by atoms with Crippen molar-refractivity contribution in [2.45, 2.75) is 83.3 Å². The summed E-state index contributed by atoms with van der Waals surface area (Å²) in [6, 6.07) is 0.0500. The van der Waals surface area contributed by atoms with Crippen LogP contribution in [0, 0.1) is 5.92 Å². The first kappa shape index (κ1) is 16.8. The number of nitrogens with zero attached hydrogens (tertiary/aromatic N) is 1. The van der Waals surface area contributed by atoms with E-state index in [4.69, 9.17) is 0 Å². The van der Waals surface area contributed by atoms with E-state index in [1.165, 1.54) is 0 Å². The molecule has 2 heterocycles. The van der Waals surface area contributed by atoms with Gasteiger partial charge in [-0.2, -0.15) is 0 Å². The van der Waals surface area contributed by atoms with Crippen LogP contribution in [0.25, 0.3) is 0 Å². The minimum absolute atomic E-state index is 0.0500. The molecule has 0 spiro atoms. The molecule has 2 fully saturated rings. The molecule has 4 heteroatoms. The zero-order valence-electron chi connectivity index (χ0n) is 14.1. The van der Waals surface area contributed by atoms with Crippen molar-refractivity contribution >= 4 is 5.91 Å². The molecule has 1 unspecified atom stereocenters. The molecule has 0 aromatic carbocycles. The smallest absolute Gasteiger partial charge is 0.223 e. The van der Waals surface area contributed by atoms with Crippen molar-refractivity contribution < 1.29 is 9.90 Å². The predicted octanol–water partition coefficient (Wildman–Crippen LogP) is 2.31. The number of hydrogen-bond acceptors (Lipinski definition) is 3. The van der Waals surface area contributed by atoms with E-state index < -0.39 is 0 Å². The molecule has 0 aromatic rings. The van der Waals surface area contributed by atoms with Gasteiger partial charge in [-0.3, -0.25) is 4.79 Å². The number of rotatable bonds is 3. The maximum atomic E-state index is 12.7. The van der Waals surface area contributed by atoms with E-state index in [2.05, 4.69) is 33.0 Å². The van der Waals surface area contributed by atoms with Crippen LogP contribution < -0.4 is 5.32 Å². The van der Waals surface area contributed by atoms with E-state index in [1.807, 2.05) is 4.90 Å². The van der Waals surface area contributed by atoms with Gasteiger partial charge in [0.05, 0.1) is 12.6 Å². The number of likely N-dealkylation sites (tertiary alicyclic amines) is 1. The van der Waals surface area contributed by atoms with Crippen LogP contribution in [-0.4, -0.2) is 46.2 Å². The molecule has 2 N–H and O–H groups in total. The Hall–Kier alpha value is -0.610. The van der Waals surface area contributed by atoms with Crippen LogP contribution in [0.4, 0.5) is 0 Å². The van der Waals surface area contributed by atoms with Gasteiger partial charge in [0.1, 0.15) is 0 Å². The number of piperidine rings is 2. The largest absolute Gasteiger partial charge is 0.394 e. The Morgan fingerprint density at radius 3 is 2.38 bits per heavy atom. The highest BCUT2D eigenvalue weighted by molar-refractivity contribution is 5.77. The minimum atomic E-state index is 0.0500. The van der Waals surface area contributed by atoms with Gasteiger partial charge in [-0.1, -0.05) is 0 Å². The summed E-state index contributed by atoms with van der Waals surface area (Å²) in [5.74, 6) is 0.678. The molecule has 2 aliphatic heterocycles. The lowest BCUT2D eigenvalue weighted by Gasteiger charge is -2.47. The predicted molar refractivity (Wildman–Crippen MR) is 85.1 cm³/mol. The summed E-state index contributed by atoms with van der Waals surface area (Å²) in [7, 11) is 0. The van der Waals surface area contributed by atoms with Crippen LogP contribution in [0.1, 0.15) is 66.2 Å². The topological polar surface area (TPSA) is 52.6 Å². The monoisotopic (exact) mass is 296 g/mol. The molecule has 21 heavy (non-hydrogen) atoms. The van der Waals surface area contributed by atoms with Crippen molar-refractivity contribution in [2.75, 3.05) is 13.2 Å². The van der Waals surface area contributed by atoms with Crippen molar-refractivity contribution in [3.8, 4) is 0 Å². The molecule has 2 saturated heterocycles. The average Bonchev–Trinajstić information content (AvgIpc) is 2.34. The molecule has 1 atom stereocenters. The van der Waals surface area contributed by atoms with E-state index in [9.17, 15) is 9.90 Å². The molecule has 122 valence electrons. The van der Waals surface area contributed by atoms with Crippen LogP contribution in [0.3, 0.4) is 0 Å². The summed E-state index contributed by atoms with van der Waals surface area (Å²) in [4.78, 5) is 14.6. The van der Waals surface area contributed by atoms with Crippen LogP contribution in [0.5, 0.6) is 0 Å². The molecule has 0 aromatic heterocycles. The maximum absolute atomic E-state index is 12.7. The van der Waals surface area contributed by atoms with Gasteiger partial charge in [0.2, 0.25) is 5.91 Å². The summed E-state index contributed by atoms with van der Waals surface area (Å²) in [5, 5.41) is 13.1. The Kier molecular flexibility index (Phi) is 4.99. The molecule has 0 saturated carbocycles. The molecule has 4 nitrogen and oxygen atoms in total. The van der Waals surface area contributed by atoms with Crippen LogP contribution in [-0.2, 0) is 4.79 Å². The Bertz CT molecular complexity index is 363. The lowest BCUT2D eigenvalue weighted by Crippen LogP contribution is -2.58. The van der Waals surface area contributed by atoms with E-state index in [-0.39, 0.29) is 29.6 Å². The van der Waals surface area contributed by atoms with Crippen molar-refractivity contribution in [3.05, 3.63) is 0 Å².